The van der Waals surface area contributed by atoms with E-state index in [0.29, 0.717) is 43.0 Å². The van der Waals surface area contributed by atoms with Crippen LogP contribution in [0, 0.1) is 17.5 Å². The number of piperazine rings is 1. The number of hydroxylamine groups is 2. The van der Waals surface area contributed by atoms with E-state index in [-0.39, 0.29) is 11.3 Å². The lowest BCUT2D eigenvalue weighted by atomic mass is 10.1. The summed E-state index contributed by atoms with van der Waals surface area (Å²) >= 11 is 2.98. The summed E-state index contributed by atoms with van der Waals surface area (Å²) < 4.78 is 87.3. The second-order valence-corrected chi connectivity index (χ2v) is 9.84. The van der Waals surface area contributed by atoms with Crippen molar-refractivity contribution in [3.63, 3.8) is 0 Å². The molecule has 40 heavy (non-hydrogen) atoms. The van der Waals surface area contributed by atoms with Crippen molar-refractivity contribution in [2.75, 3.05) is 43.0 Å². The molecule has 1 fully saturated rings. The molecule has 0 bridgehead atoms. The molecule has 0 aliphatic carbocycles. The van der Waals surface area contributed by atoms with Crippen molar-refractivity contribution in [3.8, 4) is 0 Å². The van der Waals surface area contributed by atoms with Gasteiger partial charge in [0.2, 0.25) is 5.88 Å². The van der Waals surface area contributed by atoms with Gasteiger partial charge in [-0.05, 0) is 54.2 Å². The average Bonchev–Trinajstić information content (AvgIpc) is 2.88. The molecule has 2 aliphatic rings. The van der Waals surface area contributed by atoms with E-state index in [0.717, 1.165) is 23.1 Å². The zero-order valence-corrected chi connectivity index (χ0v) is 22.7. The minimum Gasteiger partial charge on any atom is -0.471 e. The first-order chi connectivity index (χ1) is 18.8. The number of nitrogens with zero attached hydrogens (tertiary/aromatic N) is 4. The Morgan fingerprint density at radius 3 is 2.35 bits per heavy atom. The highest BCUT2D eigenvalue weighted by atomic mass is 79.9. The SMILES string of the molecule is CC1N(OC(=O)C(F)(F)F)C(OCc2ccc(F)cc2F)=C(Br)C(=O)N1c1c(F)cccc1N1CCN(C)CC1. The Labute approximate surface area is 233 Å². The van der Waals surface area contributed by atoms with Gasteiger partial charge in [-0.2, -0.15) is 13.2 Å². The molecule has 2 aromatic carbocycles. The van der Waals surface area contributed by atoms with E-state index < -0.39 is 58.6 Å². The van der Waals surface area contributed by atoms with Crippen LogP contribution in [-0.2, 0) is 25.8 Å². The largest absolute Gasteiger partial charge is 0.493 e. The number of ether oxygens (including phenoxy) is 1. The maximum absolute atomic E-state index is 15.4. The molecule has 0 aromatic heterocycles. The third-order valence-electron chi connectivity index (χ3n) is 6.35. The van der Waals surface area contributed by atoms with E-state index in [1.165, 1.54) is 13.0 Å². The van der Waals surface area contributed by atoms with Crippen molar-refractivity contribution in [1.29, 1.82) is 0 Å². The second-order valence-electron chi connectivity index (χ2n) is 9.05. The van der Waals surface area contributed by atoms with E-state index in [1.807, 2.05) is 11.9 Å². The van der Waals surface area contributed by atoms with E-state index in [2.05, 4.69) is 25.7 Å². The van der Waals surface area contributed by atoms with Crippen LogP contribution in [0.15, 0.2) is 46.8 Å². The lowest BCUT2D eigenvalue weighted by Crippen LogP contribution is -2.56. The lowest BCUT2D eigenvalue weighted by Gasteiger charge is -2.43. The number of hydrogen-bond acceptors (Lipinski definition) is 7. The first-order valence-electron chi connectivity index (χ1n) is 11.9. The highest BCUT2D eigenvalue weighted by Crippen LogP contribution is 2.40. The van der Waals surface area contributed by atoms with Crippen LogP contribution >= 0.6 is 15.9 Å². The topological polar surface area (TPSA) is 65.6 Å². The van der Waals surface area contributed by atoms with Crippen molar-refractivity contribution in [3.05, 3.63) is 69.8 Å². The maximum atomic E-state index is 15.4. The molecule has 0 saturated carbocycles. The third-order valence-corrected chi connectivity index (χ3v) is 7.03. The first kappa shape index (κ1) is 29.5. The number of rotatable bonds is 6. The van der Waals surface area contributed by atoms with Gasteiger partial charge < -0.3 is 19.4 Å². The monoisotopic (exact) mass is 636 g/mol. The molecule has 15 heteroatoms. The first-order valence-corrected chi connectivity index (χ1v) is 12.7. The molecule has 4 rings (SSSR count). The Morgan fingerprint density at radius 2 is 1.73 bits per heavy atom. The van der Waals surface area contributed by atoms with Gasteiger partial charge in [0.1, 0.15) is 40.4 Å². The molecule has 1 atom stereocenters. The highest BCUT2D eigenvalue weighted by Gasteiger charge is 2.48. The molecule has 1 amide bonds. The zero-order valence-electron chi connectivity index (χ0n) is 21.1. The van der Waals surface area contributed by atoms with E-state index in [4.69, 9.17) is 4.74 Å². The number of carbonyl (C=O) groups excluding carboxylic acids is 2. The van der Waals surface area contributed by atoms with Crippen molar-refractivity contribution in [2.24, 2.45) is 0 Å². The lowest BCUT2D eigenvalue weighted by molar-refractivity contribution is -0.247. The Balaban J connectivity index is 1.76. The van der Waals surface area contributed by atoms with Crippen LogP contribution in [0.2, 0.25) is 0 Å². The van der Waals surface area contributed by atoms with Crippen molar-refractivity contribution in [2.45, 2.75) is 25.9 Å². The molecular formula is C25H23BrF6N4O4. The second kappa shape index (κ2) is 11.6. The summed E-state index contributed by atoms with van der Waals surface area (Å²) in [6.07, 6.45) is -6.99. The normalized spacial score (nSPS) is 18.9. The number of anilines is 2. The molecule has 8 nitrogen and oxygen atoms in total. The van der Waals surface area contributed by atoms with Crippen LogP contribution in [0.1, 0.15) is 12.5 Å². The molecule has 216 valence electrons. The summed E-state index contributed by atoms with van der Waals surface area (Å²) in [5, 5.41) is 0.350. The molecule has 0 radical (unpaired) electrons. The highest BCUT2D eigenvalue weighted by molar-refractivity contribution is 9.12. The number of hydrogen-bond donors (Lipinski definition) is 0. The fourth-order valence-electron chi connectivity index (χ4n) is 4.24. The van der Waals surface area contributed by atoms with Crippen LogP contribution < -0.4 is 9.80 Å². The molecule has 1 unspecified atom stereocenters. The number of likely N-dealkylation sites (N-methyl/N-ethyl adjacent to an activating group) is 1. The quantitative estimate of drug-likeness (QED) is 0.428. The van der Waals surface area contributed by atoms with Gasteiger partial charge in [-0.3, -0.25) is 9.69 Å². The molecule has 0 N–H and O–H groups in total. The van der Waals surface area contributed by atoms with Crippen molar-refractivity contribution in [1.82, 2.24) is 9.96 Å². The predicted molar refractivity (Wildman–Crippen MR) is 134 cm³/mol. The molecule has 2 heterocycles. The molecular weight excluding hydrogens is 614 g/mol. The van der Waals surface area contributed by atoms with Gasteiger partial charge in [0.15, 0.2) is 0 Å². The summed E-state index contributed by atoms with van der Waals surface area (Å²) in [6.45, 7) is 2.74. The number of benzene rings is 2. The summed E-state index contributed by atoms with van der Waals surface area (Å²) in [5.41, 5.74) is -0.156. The summed E-state index contributed by atoms with van der Waals surface area (Å²) in [4.78, 5) is 34.7. The van der Waals surface area contributed by atoms with E-state index in [9.17, 15) is 31.5 Å². The number of halogens is 7. The van der Waals surface area contributed by atoms with Crippen LogP contribution in [0.3, 0.4) is 0 Å². The van der Waals surface area contributed by atoms with Gasteiger partial charge >= 0.3 is 12.1 Å². The number of para-hydroxylation sites is 1. The van der Waals surface area contributed by atoms with Crippen LogP contribution in [0.25, 0.3) is 0 Å². The standard InChI is InChI=1S/C25H23BrF6N4O4/c1-14-35(21-17(28)4-3-5-19(21)34-10-8-33(2)9-11-34)22(37)20(26)23(36(14)40-24(38)25(30,31)32)39-13-15-6-7-16(27)12-18(15)29/h3-7,12,14H,8-11,13H2,1-2H3. The van der Waals surface area contributed by atoms with Gasteiger partial charge in [-0.15, -0.1) is 5.06 Å². The fourth-order valence-corrected chi connectivity index (χ4v) is 4.72. The van der Waals surface area contributed by atoms with E-state index >= 15 is 4.39 Å². The third kappa shape index (κ3) is 5.99. The minimum absolute atomic E-state index is 0.203. The van der Waals surface area contributed by atoms with Crippen molar-refractivity contribution < 1.29 is 45.5 Å². The summed E-state index contributed by atoms with van der Waals surface area (Å²) in [6, 6.07) is 6.62. The van der Waals surface area contributed by atoms with Crippen molar-refractivity contribution >= 4 is 39.2 Å². The molecule has 2 aliphatic heterocycles. The molecule has 0 spiro atoms. The Kier molecular flexibility index (Phi) is 8.54. The Bertz CT molecular complexity index is 1330. The molecule has 2 aromatic rings. The number of amides is 1. The summed E-state index contributed by atoms with van der Waals surface area (Å²) in [7, 11) is 1.91. The van der Waals surface area contributed by atoms with Gasteiger partial charge in [0, 0.05) is 37.8 Å². The number of alkyl halides is 3. The zero-order chi connectivity index (χ0) is 29.4. The predicted octanol–water partition coefficient (Wildman–Crippen LogP) is 4.65. The van der Waals surface area contributed by atoms with Gasteiger partial charge in [-0.1, -0.05) is 6.07 Å². The summed E-state index contributed by atoms with van der Waals surface area (Å²) in [5.74, 6) is -7.02. The average molecular weight is 637 g/mol. The van der Waals surface area contributed by atoms with Gasteiger partial charge in [0.25, 0.3) is 5.91 Å². The van der Waals surface area contributed by atoms with Crippen LogP contribution in [0.5, 0.6) is 0 Å². The minimum atomic E-state index is -5.43. The smallest absolute Gasteiger partial charge is 0.471 e. The Hall–Kier alpha value is -3.46. The van der Waals surface area contributed by atoms with Crippen LogP contribution in [0.4, 0.5) is 37.7 Å². The molecule has 1 saturated heterocycles. The van der Waals surface area contributed by atoms with Crippen LogP contribution in [-0.4, -0.2) is 67.4 Å². The fraction of sp³-hybridized carbons (Fsp3) is 0.360. The van der Waals surface area contributed by atoms with E-state index in [1.54, 1.807) is 6.07 Å². The van der Waals surface area contributed by atoms with Gasteiger partial charge in [-0.25, -0.2) is 18.0 Å². The Morgan fingerprint density at radius 1 is 1.05 bits per heavy atom. The number of carbonyl (C=O) groups is 2. The maximum Gasteiger partial charge on any atom is 0.493 e. The van der Waals surface area contributed by atoms with Gasteiger partial charge in [0.05, 0.1) is 5.69 Å².